The van der Waals surface area contributed by atoms with Crippen LogP contribution in [0.25, 0.3) is 0 Å². The molecule has 2 rings (SSSR count). The van der Waals surface area contributed by atoms with E-state index in [1.807, 2.05) is 30.3 Å². The van der Waals surface area contributed by atoms with E-state index in [1.165, 1.54) is 0 Å². The van der Waals surface area contributed by atoms with E-state index in [4.69, 9.17) is 14.2 Å². The summed E-state index contributed by atoms with van der Waals surface area (Å²) in [5.41, 5.74) is 2.12. The summed E-state index contributed by atoms with van der Waals surface area (Å²) in [4.78, 5) is 0. The molecule has 0 radical (unpaired) electrons. The molecule has 0 saturated carbocycles. The molecule has 1 aliphatic rings. The fourth-order valence-electron chi connectivity index (χ4n) is 3.72. The summed E-state index contributed by atoms with van der Waals surface area (Å²) < 4.78 is 16.9. The molecule has 1 aliphatic heterocycles. The third kappa shape index (κ3) is 8.99. The molecule has 4 heteroatoms. The van der Waals surface area contributed by atoms with Crippen molar-refractivity contribution in [2.45, 2.75) is 63.9 Å². The lowest BCUT2D eigenvalue weighted by Gasteiger charge is -2.28. The zero-order valence-electron chi connectivity index (χ0n) is 17.9. The van der Waals surface area contributed by atoms with E-state index in [0.717, 1.165) is 42.6 Å². The smallest absolute Gasteiger partial charge is 0.118 e. The van der Waals surface area contributed by atoms with Crippen molar-refractivity contribution in [1.82, 2.24) is 0 Å². The maximum Gasteiger partial charge on any atom is 0.118 e. The fourth-order valence-corrected chi connectivity index (χ4v) is 3.72. The Balaban J connectivity index is 1.63. The highest BCUT2D eigenvalue weighted by Gasteiger charge is 2.20. The molecule has 0 aliphatic carbocycles. The Kier molecular flexibility index (Phi) is 10.2. The van der Waals surface area contributed by atoms with Gasteiger partial charge in [0.25, 0.3) is 0 Å². The summed E-state index contributed by atoms with van der Waals surface area (Å²) in [5.74, 6) is 1.29. The van der Waals surface area contributed by atoms with Gasteiger partial charge in [-0.2, -0.15) is 0 Å². The van der Waals surface area contributed by atoms with Crippen LogP contribution in [0.2, 0.25) is 0 Å². The van der Waals surface area contributed by atoms with Gasteiger partial charge in [0.05, 0.1) is 38.6 Å². The van der Waals surface area contributed by atoms with Crippen LogP contribution >= 0.6 is 0 Å². The van der Waals surface area contributed by atoms with Crippen LogP contribution in [-0.2, 0) is 16.1 Å². The molecular formula is C25H36O4. The Morgan fingerprint density at radius 3 is 2.76 bits per heavy atom. The minimum atomic E-state index is -0.529. The number of rotatable bonds is 13. The second kappa shape index (κ2) is 12.6. The van der Waals surface area contributed by atoms with Crippen LogP contribution in [0.3, 0.4) is 0 Å². The second-order valence-electron chi connectivity index (χ2n) is 8.00. The minimum Gasteiger partial charge on any atom is -0.497 e. The average Bonchev–Trinajstić information content (AvgIpc) is 2.68. The largest absolute Gasteiger partial charge is 0.497 e. The van der Waals surface area contributed by atoms with Gasteiger partial charge in [0.1, 0.15) is 5.75 Å². The van der Waals surface area contributed by atoms with Crippen molar-refractivity contribution in [3.05, 3.63) is 66.8 Å². The highest BCUT2D eigenvalue weighted by molar-refractivity contribution is 5.26. The number of aliphatic hydroxyl groups excluding tert-OH is 1. The van der Waals surface area contributed by atoms with Crippen LogP contribution in [0.1, 0.15) is 44.6 Å². The van der Waals surface area contributed by atoms with Crippen molar-refractivity contribution in [3.8, 4) is 5.75 Å². The van der Waals surface area contributed by atoms with Crippen molar-refractivity contribution in [3.63, 3.8) is 0 Å². The van der Waals surface area contributed by atoms with Gasteiger partial charge in [-0.1, -0.05) is 49.4 Å². The molecule has 1 aromatic rings. The Morgan fingerprint density at radius 1 is 1.31 bits per heavy atom. The zero-order chi connectivity index (χ0) is 21.1. The van der Waals surface area contributed by atoms with Gasteiger partial charge >= 0.3 is 0 Å². The topological polar surface area (TPSA) is 47.9 Å². The quantitative estimate of drug-likeness (QED) is 0.461. The van der Waals surface area contributed by atoms with Gasteiger partial charge in [0.15, 0.2) is 0 Å². The molecule has 0 aromatic heterocycles. The molecule has 0 unspecified atom stereocenters. The zero-order valence-corrected chi connectivity index (χ0v) is 17.9. The van der Waals surface area contributed by atoms with Gasteiger partial charge in [-0.25, -0.2) is 0 Å². The summed E-state index contributed by atoms with van der Waals surface area (Å²) in [6.07, 6.45) is 10.4. The second-order valence-corrected chi connectivity index (χ2v) is 8.00. The molecule has 0 saturated heterocycles. The highest BCUT2D eigenvalue weighted by atomic mass is 16.5. The van der Waals surface area contributed by atoms with Crippen LogP contribution in [0.15, 0.2) is 61.2 Å². The van der Waals surface area contributed by atoms with Gasteiger partial charge in [-0.3, -0.25) is 0 Å². The van der Waals surface area contributed by atoms with Gasteiger partial charge in [0, 0.05) is 0 Å². The Hall–Kier alpha value is -1.88. The predicted molar refractivity (Wildman–Crippen MR) is 118 cm³/mol. The lowest BCUT2D eigenvalue weighted by molar-refractivity contribution is -0.00448. The Labute approximate surface area is 175 Å². The van der Waals surface area contributed by atoms with Crippen molar-refractivity contribution < 1.29 is 19.3 Å². The summed E-state index contributed by atoms with van der Waals surface area (Å²) in [6.45, 7) is 11.0. The predicted octanol–water partition coefficient (Wildman–Crippen LogP) is 5.23. The fraction of sp³-hybridized carbons (Fsp3) is 0.520. The lowest BCUT2D eigenvalue weighted by atomic mass is 9.92. The first-order valence-corrected chi connectivity index (χ1v) is 10.5. The molecule has 0 bridgehead atoms. The van der Waals surface area contributed by atoms with Crippen molar-refractivity contribution >= 4 is 0 Å². The third-order valence-electron chi connectivity index (χ3n) is 5.08. The van der Waals surface area contributed by atoms with Gasteiger partial charge < -0.3 is 19.3 Å². The molecule has 0 fully saturated rings. The van der Waals surface area contributed by atoms with Crippen molar-refractivity contribution in [2.24, 2.45) is 5.92 Å². The number of methoxy groups -OCH3 is 1. The molecule has 1 heterocycles. The SMILES string of the molecule is C=CC[C@@H]1C=CC[C@@H](C[C@@H](C)CC(=C)C[C@H](O)COCc2ccc(OC)cc2)O1. The molecule has 0 spiro atoms. The highest BCUT2D eigenvalue weighted by Crippen LogP contribution is 2.25. The summed E-state index contributed by atoms with van der Waals surface area (Å²) in [6, 6.07) is 7.75. The van der Waals surface area contributed by atoms with E-state index >= 15 is 0 Å². The number of hydrogen-bond acceptors (Lipinski definition) is 4. The molecule has 4 atom stereocenters. The van der Waals surface area contributed by atoms with Crippen molar-refractivity contribution in [2.75, 3.05) is 13.7 Å². The van der Waals surface area contributed by atoms with Crippen LogP contribution in [0.5, 0.6) is 5.75 Å². The molecular weight excluding hydrogens is 364 g/mol. The van der Waals surface area contributed by atoms with Crippen molar-refractivity contribution in [1.29, 1.82) is 0 Å². The average molecular weight is 401 g/mol. The third-order valence-corrected chi connectivity index (χ3v) is 5.08. The molecule has 4 nitrogen and oxygen atoms in total. The van der Waals surface area contributed by atoms with E-state index < -0.39 is 6.10 Å². The first-order chi connectivity index (χ1) is 14.0. The molecule has 1 N–H and O–H groups in total. The number of ether oxygens (including phenoxy) is 3. The van der Waals surface area contributed by atoms with Gasteiger partial charge in [0.2, 0.25) is 0 Å². The number of benzene rings is 1. The Bertz CT molecular complexity index is 649. The first-order valence-electron chi connectivity index (χ1n) is 10.5. The maximum atomic E-state index is 10.3. The molecule has 160 valence electrons. The first kappa shape index (κ1) is 23.4. The molecule has 29 heavy (non-hydrogen) atoms. The van der Waals surface area contributed by atoms with Gasteiger partial charge in [-0.05, 0) is 55.7 Å². The van der Waals surface area contributed by atoms with E-state index in [1.54, 1.807) is 7.11 Å². The van der Waals surface area contributed by atoms with Crippen LogP contribution < -0.4 is 4.74 Å². The van der Waals surface area contributed by atoms with E-state index in [-0.39, 0.29) is 12.2 Å². The van der Waals surface area contributed by atoms with Crippen LogP contribution in [0, 0.1) is 5.92 Å². The van der Waals surface area contributed by atoms with E-state index in [0.29, 0.717) is 25.6 Å². The normalized spacial score (nSPS) is 20.8. The molecule has 1 aromatic carbocycles. The van der Waals surface area contributed by atoms with Gasteiger partial charge in [-0.15, -0.1) is 6.58 Å². The molecule has 0 amide bonds. The summed E-state index contributed by atoms with van der Waals surface area (Å²) >= 11 is 0. The standard InChI is InChI=1S/C25H36O4/c1-5-7-24-8-6-9-25(29-24)16-20(3)14-19(2)15-22(26)18-28-17-21-10-12-23(27-4)13-11-21/h5-6,8,10-13,20,22,24-26H,1-2,7,9,14-18H2,3-4H3/t20-,22-,24+,25-/m0/s1. The minimum absolute atomic E-state index is 0.159. The lowest BCUT2D eigenvalue weighted by Crippen LogP contribution is -2.25. The monoisotopic (exact) mass is 400 g/mol. The summed E-state index contributed by atoms with van der Waals surface area (Å²) in [5, 5.41) is 10.3. The van der Waals surface area contributed by atoms with Crippen LogP contribution in [0.4, 0.5) is 0 Å². The summed E-state index contributed by atoms with van der Waals surface area (Å²) in [7, 11) is 1.65. The Morgan fingerprint density at radius 2 is 2.07 bits per heavy atom. The number of hydrogen-bond donors (Lipinski definition) is 1. The van der Waals surface area contributed by atoms with E-state index in [2.05, 4.69) is 32.2 Å². The maximum absolute atomic E-state index is 10.3. The van der Waals surface area contributed by atoms with E-state index in [9.17, 15) is 5.11 Å². The van der Waals surface area contributed by atoms with Crippen LogP contribution in [-0.4, -0.2) is 37.1 Å². The number of aliphatic hydroxyl groups is 1.